The number of anilines is 2. The molecule has 0 aliphatic rings. The molecule has 0 heterocycles. The van der Waals surface area contributed by atoms with E-state index in [0.29, 0.717) is 11.1 Å². The first-order valence-electron chi connectivity index (χ1n) is 10.9. The van der Waals surface area contributed by atoms with Gasteiger partial charge in [0.25, 0.3) is 11.8 Å². The molecule has 166 valence electrons. The molecule has 0 aliphatic carbocycles. The summed E-state index contributed by atoms with van der Waals surface area (Å²) in [5.41, 5.74) is 5.01. The Kier molecular flexibility index (Phi) is 6.54. The van der Waals surface area contributed by atoms with Gasteiger partial charge in [-0.15, -0.1) is 0 Å². The normalized spacial score (nSPS) is 11.7. The lowest BCUT2D eigenvalue weighted by atomic mass is 9.87. The second-order valence-electron chi connectivity index (χ2n) is 10.1. The zero-order chi connectivity index (χ0) is 23.5. The summed E-state index contributed by atoms with van der Waals surface area (Å²) in [6.45, 7) is 12.9. The topological polar surface area (TPSA) is 58.2 Å². The minimum Gasteiger partial charge on any atom is -0.322 e. The van der Waals surface area contributed by atoms with Crippen LogP contribution in [-0.2, 0) is 10.8 Å². The Labute approximate surface area is 191 Å². The molecule has 3 rings (SSSR count). The summed E-state index contributed by atoms with van der Waals surface area (Å²) in [7, 11) is 0. The van der Waals surface area contributed by atoms with Gasteiger partial charge in [0.1, 0.15) is 0 Å². The van der Waals surface area contributed by atoms with Crippen molar-refractivity contribution < 1.29 is 9.59 Å². The van der Waals surface area contributed by atoms with Crippen LogP contribution in [0.2, 0.25) is 0 Å². The minimum absolute atomic E-state index is 0.0631. The number of carbonyl (C=O) groups excluding carboxylic acids is 2. The molecule has 3 aromatic carbocycles. The van der Waals surface area contributed by atoms with Crippen LogP contribution in [0.15, 0.2) is 72.8 Å². The Bertz CT molecular complexity index is 992. The average molecular weight is 429 g/mol. The Morgan fingerprint density at radius 2 is 0.781 bits per heavy atom. The number of amides is 2. The maximum atomic E-state index is 12.6. The third-order valence-corrected chi connectivity index (χ3v) is 5.43. The molecule has 0 saturated heterocycles. The summed E-state index contributed by atoms with van der Waals surface area (Å²) in [6, 6.07) is 22.4. The highest BCUT2D eigenvalue weighted by Crippen LogP contribution is 2.25. The van der Waals surface area contributed by atoms with Gasteiger partial charge in [-0.1, -0.05) is 65.8 Å². The van der Waals surface area contributed by atoms with Crippen LogP contribution in [0.25, 0.3) is 0 Å². The Balaban J connectivity index is 1.62. The van der Waals surface area contributed by atoms with E-state index in [-0.39, 0.29) is 22.6 Å². The number of nitrogens with one attached hydrogen (secondary N) is 2. The quantitative estimate of drug-likeness (QED) is 0.481. The van der Waals surface area contributed by atoms with Gasteiger partial charge in [0.15, 0.2) is 0 Å². The van der Waals surface area contributed by atoms with Crippen molar-refractivity contribution in [3.8, 4) is 0 Å². The van der Waals surface area contributed by atoms with Crippen molar-refractivity contribution in [2.24, 2.45) is 0 Å². The van der Waals surface area contributed by atoms with E-state index in [0.717, 1.165) is 11.4 Å². The summed E-state index contributed by atoms with van der Waals surface area (Å²) in [5, 5.41) is 5.81. The lowest BCUT2D eigenvalue weighted by Gasteiger charge is -2.19. The van der Waals surface area contributed by atoms with Crippen LogP contribution in [0, 0.1) is 0 Å². The lowest BCUT2D eigenvalue weighted by Crippen LogP contribution is -2.15. The second-order valence-corrected chi connectivity index (χ2v) is 10.1. The fourth-order valence-corrected chi connectivity index (χ4v) is 3.29. The molecule has 0 aromatic heterocycles. The number of rotatable bonds is 4. The van der Waals surface area contributed by atoms with E-state index >= 15 is 0 Å². The van der Waals surface area contributed by atoms with E-state index in [1.165, 1.54) is 11.1 Å². The van der Waals surface area contributed by atoms with Crippen molar-refractivity contribution in [2.45, 2.75) is 52.4 Å². The number of hydrogen-bond donors (Lipinski definition) is 2. The first-order valence-corrected chi connectivity index (χ1v) is 10.9. The van der Waals surface area contributed by atoms with E-state index in [2.05, 4.69) is 52.2 Å². The number of hydrogen-bond acceptors (Lipinski definition) is 2. The Morgan fingerprint density at radius 3 is 1.03 bits per heavy atom. The maximum absolute atomic E-state index is 12.6. The fraction of sp³-hybridized carbons (Fsp3) is 0.286. The molecule has 0 radical (unpaired) electrons. The van der Waals surface area contributed by atoms with Crippen molar-refractivity contribution in [1.82, 2.24) is 0 Å². The molecule has 0 saturated carbocycles. The van der Waals surface area contributed by atoms with Crippen LogP contribution in [0.4, 0.5) is 11.4 Å². The molecule has 0 aliphatic heterocycles. The highest BCUT2D eigenvalue weighted by Gasteiger charge is 2.15. The fourth-order valence-electron chi connectivity index (χ4n) is 3.29. The number of carbonyl (C=O) groups is 2. The highest BCUT2D eigenvalue weighted by molar-refractivity contribution is 6.07. The van der Waals surface area contributed by atoms with Crippen LogP contribution in [-0.4, -0.2) is 11.8 Å². The second kappa shape index (κ2) is 8.99. The summed E-state index contributed by atoms with van der Waals surface area (Å²) < 4.78 is 0. The lowest BCUT2D eigenvalue weighted by molar-refractivity contribution is 0.101. The largest absolute Gasteiger partial charge is 0.322 e. The summed E-state index contributed by atoms with van der Waals surface area (Å²) >= 11 is 0. The third kappa shape index (κ3) is 5.85. The van der Waals surface area contributed by atoms with Gasteiger partial charge in [-0.2, -0.15) is 0 Å². The predicted octanol–water partition coefficient (Wildman–Crippen LogP) is 6.79. The van der Waals surface area contributed by atoms with E-state index in [1.54, 1.807) is 24.3 Å². The molecule has 0 fully saturated rings. The van der Waals surface area contributed by atoms with Gasteiger partial charge in [0.2, 0.25) is 0 Å². The zero-order valence-corrected chi connectivity index (χ0v) is 19.7. The first kappa shape index (κ1) is 23.3. The molecule has 0 spiro atoms. The smallest absolute Gasteiger partial charge is 0.255 e. The molecule has 0 unspecified atom stereocenters. The summed E-state index contributed by atoms with van der Waals surface area (Å²) in [4.78, 5) is 25.1. The van der Waals surface area contributed by atoms with Gasteiger partial charge >= 0.3 is 0 Å². The monoisotopic (exact) mass is 428 g/mol. The highest BCUT2D eigenvalue weighted by atomic mass is 16.2. The van der Waals surface area contributed by atoms with Crippen molar-refractivity contribution in [2.75, 3.05) is 10.6 Å². The molecule has 2 N–H and O–H groups in total. The SMILES string of the molecule is CC(C)(C)c1ccc(NC(=O)c2ccc(C(=O)Nc3ccc(C(C)(C)C)cc3)cc2)cc1. The van der Waals surface area contributed by atoms with Crippen molar-refractivity contribution in [1.29, 1.82) is 0 Å². The average Bonchev–Trinajstić information content (AvgIpc) is 2.73. The van der Waals surface area contributed by atoms with Crippen LogP contribution < -0.4 is 10.6 Å². The minimum atomic E-state index is -0.210. The molecule has 4 nitrogen and oxygen atoms in total. The third-order valence-electron chi connectivity index (χ3n) is 5.43. The first-order chi connectivity index (χ1) is 14.9. The maximum Gasteiger partial charge on any atom is 0.255 e. The molecular formula is C28H32N2O2. The van der Waals surface area contributed by atoms with Crippen molar-refractivity contribution >= 4 is 23.2 Å². The van der Waals surface area contributed by atoms with Gasteiger partial charge in [-0.05, 0) is 70.5 Å². The van der Waals surface area contributed by atoms with Gasteiger partial charge in [-0.3, -0.25) is 9.59 Å². The number of benzene rings is 3. The molecule has 0 atom stereocenters. The van der Waals surface area contributed by atoms with Gasteiger partial charge in [-0.25, -0.2) is 0 Å². The molecule has 2 amide bonds. The van der Waals surface area contributed by atoms with Gasteiger partial charge < -0.3 is 10.6 Å². The molecular weight excluding hydrogens is 396 g/mol. The van der Waals surface area contributed by atoms with Crippen LogP contribution in [0.1, 0.15) is 73.4 Å². The standard InChI is InChI=1S/C28H32N2O2/c1-27(2,3)21-11-15-23(16-12-21)29-25(31)19-7-9-20(10-8-19)26(32)30-24-17-13-22(14-18-24)28(4,5)6/h7-18H,1-6H3,(H,29,31)(H,30,32). The van der Waals surface area contributed by atoms with Gasteiger partial charge in [0.05, 0.1) is 0 Å². The molecule has 3 aromatic rings. The van der Waals surface area contributed by atoms with E-state index in [9.17, 15) is 9.59 Å². The zero-order valence-electron chi connectivity index (χ0n) is 19.7. The van der Waals surface area contributed by atoms with E-state index in [4.69, 9.17) is 0 Å². The molecule has 0 bridgehead atoms. The van der Waals surface area contributed by atoms with Crippen molar-refractivity contribution in [3.05, 3.63) is 95.1 Å². The van der Waals surface area contributed by atoms with Gasteiger partial charge in [0, 0.05) is 22.5 Å². The van der Waals surface area contributed by atoms with Crippen LogP contribution in [0.5, 0.6) is 0 Å². The predicted molar refractivity (Wildman–Crippen MR) is 133 cm³/mol. The van der Waals surface area contributed by atoms with Crippen molar-refractivity contribution in [3.63, 3.8) is 0 Å². The molecule has 32 heavy (non-hydrogen) atoms. The summed E-state index contributed by atoms with van der Waals surface area (Å²) in [5.74, 6) is -0.420. The van der Waals surface area contributed by atoms with E-state index in [1.807, 2.05) is 48.5 Å². The van der Waals surface area contributed by atoms with Crippen LogP contribution >= 0.6 is 0 Å². The summed E-state index contributed by atoms with van der Waals surface area (Å²) in [6.07, 6.45) is 0. The Hall–Kier alpha value is -3.40. The Morgan fingerprint density at radius 1 is 0.500 bits per heavy atom. The van der Waals surface area contributed by atoms with Crippen LogP contribution in [0.3, 0.4) is 0 Å². The molecule has 4 heteroatoms. The van der Waals surface area contributed by atoms with E-state index < -0.39 is 0 Å².